The van der Waals surface area contributed by atoms with Crippen LogP contribution < -0.4 is 5.32 Å². The quantitative estimate of drug-likeness (QED) is 0.0714. The number of carbonyl (C=O) groups excluding carboxylic acids is 3. The Morgan fingerprint density at radius 1 is 1.11 bits per heavy atom. The number of benzene rings is 1. The van der Waals surface area contributed by atoms with Crippen LogP contribution in [0.4, 0.5) is 0 Å². The van der Waals surface area contributed by atoms with Crippen molar-refractivity contribution in [3.05, 3.63) is 67.0 Å². The molecule has 0 heterocycles. The van der Waals surface area contributed by atoms with E-state index >= 15 is 0 Å². The lowest BCUT2D eigenvalue weighted by Gasteiger charge is -2.47. The molecule has 1 aromatic carbocycles. The summed E-state index contributed by atoms with van der Waals surface area (Å²) >= 11 is 0. The van der Waals surface area contributed by atoms with Crippen LogP contribution in [0.2, 0.25) is 0 Å². The molecule has 1 aromatic rings. The third-order valence-electron chi connectivity index (χ3n) is 8.27. The summed E-state index contributed by atoms with van der Waals surface area (Å²) in [6.45, 7) is 1.39. The van der Waals surface area contributed by atoms with E-state index in [9.17, 15) is 60.1 Å². The molecule has 47 heavy (non-hydrogen) atoms. The Morgan fingerprint density at radius 2 is 1.68 bits per heavy atom. The molecule has 2 aliphatic carbocycles. The number of amides is 1. The second kappa shape index (κ2) is 14.7. The van der Waals surface area contributed by atoms with Crippen molar-refractivity contribution in [2.75, 3.05) is 40.4 Å². The van der Waals surface area contributed by atoms with Crippen LogP contribution >= 0.6 is 0 Å². The Labute approximate surface area is 267 Å². The van der Waals surface area contributed by atoms with Crippen LogP contribution in [-0.2, 0) is 24.1 Å². The zero-order chi connectivity index (χ0) is 35.4. The van der Waals surface area contributed by atoms with E-state index in [1.54, 1.807) is 13.0 Å². The lowest BCUT2D eigenvalue weighted by molar-refractivity contribution is -0.758. The summed E-state index contributed by atoms with van der Waals surface area (Å²) in [5, 5.41) is 77.8. The third kappa shape index (κ3) is 7.59. The number of aromatic hydroxyl groups is 1. The lowest BCUT2D eigenvalue weighted by Crippen LogP contribution is -2.66. The fourth-order valence-corrected chi connectivity index (χ4v) is 6.06. The highest BCUT2D eigenvalue weighted by Gasteiger charge is 2.61. The minimum atomic E-state index is -3.15. The number of aliphatic hydroxyl groups excluding tert-OH is 3. The molecule has 6 N–H and O–H groups in total. The molecule has 0 aromatic heterocycles. The summed E-state index contributed by atoms with van der Waals surface area (Å²) in [6, 6.07) is 2.72. The summed E-state index contributed by atoms with van der Waals surface area (Å²) in [6.07, 6.45) is -2.51. The van der Waals surface area contributed by atoms with E-state index in [4.69, 9.17) is 0 Å². The number of nitrogens with zero attached hydrogens (tertiary/aromatic N) is 4. The van der Waals surface area contributed by atoms with Gasteiger partial charge < -0.3 is 40.5 Å². The molecule has 0 fully saturated rings. The Bertz CT molecular complexity index is 1460. The van der Waals surface area contributed by atoms with Crippen LogP contribution in [-0.4, -0.2) is 127 Å². The number of phenols is 1. The molecule has 1 amide bonds. The van der Waals surface area contributed by atoms with Crippen LogP contribution in [0.1, 0.15) is 37.3 Å². The number of hydrogen-bond acceptors (Lipinski definition) is 16. The van der Waals surface area contributed by atoms with Crippen molar-refractivity contribution in [3.63, 3.8) is 0 Å². The fourth-order valence-electron chi connectivity index (χ4n) is 6.06. The van der Waals surface area contributed by atoms with Crippen molar-refractivity contribution in [1.29, 1.82) is 0 Å². The zero-order valence-electron chi connectivity index (χ0n) is 25.9. The second-order valence-electron chi connectivity index (χ2n) is 11.4. The van der Waals surface area contributed by atoms with Crippen LogP contribution in [0.25, 0.3) is 5.76 Å². The van der Waals surface area contributed by atoms with Gasteiger partial charge in [0.15, 0.2) is 17.2 Å². The Kier molecular flexibility index (Phi) is 11.5. The van der Waals surface area contributed by atoms with Gasteiger partial charge in [-0.3, -0.25) is 24.2 Å². The molecular formula is C28H37N5O14. The van der Waals surface area contributed by atoms with Gasteiger partial charge in [-0.05, 0) is 45.0 Å². The molecule has 0 bridgehead atoms. The summed E-state index contributed by atoms with van der Waals surface area (Å²) in [5.74, 6) is -8.78. The van der Waals surface area contributed by atoms with Crippen LogP contribution in [0.15, 0.2) is 35.6 Å². The summed E-state index contributed by atoms with van der Waals surface area (Å²) < 4.78 is 0. The maximum absolute atomic E-state index is 13.9. The standard InChI is InChI=1S/C28H37N5O14/c1-14-12-19(36)23-24(30(3)4)25(38)22(27(40)29-15(2)31(8-10-46-32(42)43)9-11-47-33(44)45)26(39)28(23,41)20(37)13-18(35)21-16(14)6-5-7-17(21)34/h5-7,13-15,19,23-24,34-36,39,41H,8-12H2,1-4H3,(H,29,40)/t14-,15?,19+,23+,24+,28-/m1/s1. The first-order chi connectivity index (χ1) is 21.9. The van der Waals surface area contributed by atoms with E-state index in [-0.39, 0.29) is 25.1 Å². The topological polar surface area (TPSA) is 276 Å². The van der Waals surface area contributed by atoms with Crippen molar-refractivity contribution in [2.24, 2.45) is 5.92 Å². The van der Waals surface area contributed by atoms with Gasteiger partial charge in [0.1, 0.15) is 36.1 Å². The molecule has 0 saturated heterocycles. The van der Waals surface area contributed by atoms with E-state index in [0.29, 0.717) is 11.6 Å². The van der Waals surface area contributed by atoms with Crippen molar-refractivity contribution >= 4 is 23.2 Å². The number of likely N-dealkylation sites (N-methyl/N-ethyl adjacent to an activating group) is 1. The molecule has 258 valence electrons. The molecule has 0 saturated carbocycles. The highest BCUT2D eigenvalue weighted by atomic mass is 17.0. The monoisotopic (exact) mass is 667 g/mol. The number of fused-ring (bicyclic) bond motifs is 2. The van der Waals surface area contributed by atoms with Gasteiger partial charge in [-0.25, -0.2) is 0 Å². The van der Waals surface area contributed by atoms with Crippen molar-refractivity contribution in [3.8, 4) is 5.75 Å². The molecule has 6 atom stereocenters. The molecule has 2 aliphatic rings. The number of ketones is 2. The highest BCUT2D eigenvalue weighted by Crippen LogP contribution is 2.45. The summed E-state index contributed by atoms with van der Waals surface area (Å²) in [5.41, 5.74) is -4.01. The average Bonchev–Trinajstić information content (AvgIpc) is 2.96. The van der Waals surface area contributed by atoms with Crippen LogP contribution in [0.5, 0.6) is 5.75 Å². The number of nitrogens with one attached hydrogen (secondary N) is 1. The van der Waals surface area contributed by atoms with E-state index < -0.39 is 99.5 Å². The first-order valence-corrected chi connectivity index (χ1v) is 14.3. The molecule has 3 rings (SSSR count). The maximum Gasteiger partial charge on any atom is 0.294 e. The Morgan fingerprint density at radius 3 is 2.21 bits per heavy atom. The SMILES string of the molecule is CC(NC(=O)C1=C(O)[C@@]2(O)C(=O)C=C(O)c3c(O)cccc3[C@H](C)C[C@H](O)[C@H]2[C@H](N(C)C)C1=O)N(CCO[N+](=O)[O-])CCO[N+](=O)[O-]. The number of aliphatic hydroxyl groups is 4. The van der Waals surface area contributed by atoms with Gasteiger partial charge in [0.05, 0.1) is 29.8 Å². The average molecular weight is 668 g/mol. The first kappa shape index (κ1) is 36.6. The Hall–Kier alpha value is -4.85. The largest absolute Gasteiger partial charge is 0.508 e. The van der Waals surface area contributed by atoms with Gasteiger partial charge in [-0.15, -0.1) is 20.2 Å². The molecule has 1 unspecified atom stereocenters. The van der Waals surface area contributed by atoms with Crippen molar-refractivity contribution < 1.29 is 59.8 Å². The minimum Gasteiger partial charge on any atom is -0.508 e. The number of Topliss-reactive ketones (excluding diaryl/α,β-unsaturated/α-hetero) is 1. The molecule has 0 aliphatic heterocycles. The highest BCUT2D eigenvalue weighted by molar-refractivity contribution is 6.24. The normalized spacial score (nSPS) is 25.4. The molecule has 19 nitrogen and oxygen atoms in total. The number of phenolic OH excluding ortho intramolecular Hbond substituents is 1. The van der Waals surface area contributed by atoms with Gasteiger partial charge in [0, 0.05) is 19.2 Å². The van der Waals surface area contributed by atoms with Crippen molar-refractivity contribution in [1.82, 2.24) is 15.1 Å². The number of hydrogen-bond donors (Lipinski definition) is 6. The van der Waals surface area contributed by atoms with Gasteiger partial charge >= 0.3 is 0 Å². The summed E-state index contributed by atoms with van der Waals surface area (Å²) in [7, 11) is 2.77. The predicted molar refractivity (Wildman–Crippen MR) is 158 cm³/mol. The lowest BCUT2D eigenvalue weighted by atomic mass is 9.65. The van der Waals surface area contributed by atoms with Crippen molar-refractivity contribution in [2.45, 2.75) is 50.1 Å². The van der Waals surface area contributed by atoms with Gasteiger partial charge in [0.25, 0.3) is 16.1 Å². The molecule has 19 heteroatoms. The second-order valence-corrected chi connectivity index (χ2v) is 11.4. The molecular weight excluding hydrogens is 630 g/mol. The third-order valence-corrected chi connectivity index (χ3v) is 8.27. The molecule has 0 spiro atoms. The van der Waals surface area contributed by atoms with Gasteiger partial charge in [-0.1, -0.05) is 19.1 Å². The van der Waals surface area contributed by atoms with Crippen LogP contribution in [0, 0.1) is 26.1 Å². The Balaban J connectivity index is 2.12. The van der Waals surface area contributed by atoms with Crippen LogP contribution in [0.3, 0.4) is 0 Å². The van der Waals surface area contributed by atoms with E-state index in [0.717, 1.165) is 0 Å². The van der Waals surface area contributed by atoms with E-state index in [1.165, 1.54) is 43.0 Å². The van der Waals surface area contributed by atoms with E-state index in [2.05, 4.69) is 15.0 Å². The minimum absolute atomic E-state index is 0.156. The maximum atomic E-state index is 13.9. The number of rotatable bonds is 12. The smallest absolute Gasteiger partial charge is 0.294 e. The summed E-state index contributed by atoms with van der Waals surface area (Å²) in [4.78, 5) is 73.6. The molecule has 0 radical (unpaired) electrons. The number of carbonyl (C=O) groups is 3. The zero-order valence-corrected chi connectivity index (χ0v) is 25.9. The van der Waals surface area contributed by atoms with E-state index in [1.807, 2.05) is 0 Å². The first-order valence-electron chi connectivity index (χ1n) is 14.3. The van der Waals surface area contributed by atoms with Gasteiger partial charge in [-0.2, -0.15) is 0 Å². The van der Waals surface area contributed by atoms with Gasteiger partial charge in [0.2, 0.25) is 0 Å². The predicted octanol–water partition coefficient (Wildman–Crippen LogP) is -0.419. The fraction of sp³-hybridized carbons (Fsp3) is 0.536.